The number of nitrogens with two attached hydrogens (primary N) is 1. The maximum absolute atomic E-state index is 5.20. The minimum absolute atomic E-state index is 0.521. The van der Waals surface area contributed by atoms with E-state index >= 15 is 0 Å². The number of allylic oxidation sites excluding steroid dienone is 1. The molecule has 3 nitrogen and oxygen atoms in total. The Kier molecular flexibility index (Phi) is 5.94. The van der Waals surface area contributed by atoms with Crippen LogP contribution in [0.4, 0.5) is 0 Å². The van der Waals surface area contributed by atoms with E-state index in [-0.39, 0.29) is 0 Å². The van der Waals surface area contributed by atoms with Gasteiger partial charge in [-0.15, -0.1) is 0 Å². The maximum Gasteiger partial charge on any atom is 0.122 e. The fraction of sp³-hybridized carbons (Fsp3) is 0.125. The van der Waals surface area contributed by atoms with E-state index in [9.17, 15) is 0 Å². The predicted molar refractivity (Wildman–Crippen MR) is 49.2 cm³/mol. The number of hydrogen-bond acceptors (Lipinski definition) is 3. The second kappa shape index (κ2) is 6.77. The van der Waals surface area contributed by atoms with Crippen molar-refractivity contribution in [2.75, 3.05) is 6.54 Å². The van der Waals surface area contributed by atoms with Crippen molar-refractivity contribution >= 4 is 6.21 Å². The van der Waals surface area contributed by atoms with Gasteiger partial charge in [-0.2, -0.15) is 0 Å². The molecule has 3 N–H and O–H groups in total. The first-order valence-electron chi connectivity index (χ1n) is 3.27. The lowest BCUT2D eigenvalue weighted by atomic mass is 10.5. The Bertz CT molecular complexity index is 180. The third kappa shape index (κ3) is 6.54. The molecule has 3 heteroatoms. The molecule has 0 amide bonds. The first-order valence-corrected chi connectivity index (χ1v) is 3.27. The molecule has 0 saturated carbocycles. The molecule has 0 aliphatic heterocycles. The zero-order valence-corrected chi connectivity index (χ0v) is 6.46. The van der Waals surface area contributed by atoms with Gasteiger partial charge in [-0.25, -0.2) is 4.99 Å². The zero-order chi connectivity index (χ0) is 8.53. The Labute approximate surface area is 67.0 Å². The van der Waals surface area contributed by atoms with Crippen molar-refractivity contribution in [3.05, 3.63) is 37.3 Å². The van der Waals surface area contributed by atoms with E-state index in [0.717, 1.165) is 0 Å². The number of rotatable bonds is 5. The summed E-state index contributed by atoms with van der Waals surface area (Å²) in [5.41, 5.74) is 5.20. The van der Waals surface area contributed by atoms with E-state index in [4.69, 9.17) is 5.73 Å². The summed E-state index contributed by atoms with van der Waals surface area (Å²) in [6, 6.07) is 0. The second-order valence-electron chi connectivity index (χ2n) is 1.74. The quantitative estimate of drug-likeness (QED) is 0.570. The number of nitrogens with one attached hydrogen (secondary N) is 1. The van der Waals surface area contributed by atoms with Gasteiger partial charge in [0.1, 0.15) is 5.82 Å². The van der Waals surface area contributed by atoms with Gasteiger partial charge in [0.2, 0.25) is 0 Å². The summed E-state index contributed by atoms with van der Waals surface area (Å²) < 4.78 is 0. The molecule has 60 valence electrons. The van der Waals surface area contributed by atoms with Crippen LogP contribution in [0, 0.1) is 0 Å². The molecule has 0 aromatic heterocycles. The first-order chi connectivity index (χ1) is 5.31. The number of aliphatic imine (C=N–C) groups is 1. The van der Waals surface area contributed by atoms with Crippen LogP contribution in [-0.4, -0.2) is 12.8 Å². The highest BCUT2D eigenvalue weighted by Crippen LogP contribution is 1.82. The van der Waals surface area contributed by atoms with Crippen LogP contribution in [-0.2, 0) is 0 Å². The van der Waals surface area contributed by atoms with Crippen molar-refractivity contribution in [2.24, 2.45) is 10.7 Å². The van der Waals surface area contributed by atoms with Crippen molar-refractivity contribution in [1.82, 2.24) is 5.32 Å². The van der Waals surface area contributed by atoms with E-state index < -0.39 is 0 Å². The molecule has 0 aliphatic rings. The Hall–Kier alpha value is -1.35. The van der Waals surface area contributed by atoms with Crippen LogP contribution in [0.1, 0.15) is 0 Å². The lowest BCUT2D eigenvalue weighted by Crippen LogP contribution is -1.99. The normalized spacial score (nSPS) is 10.6. The zero-order valence-electron chi connectivity index (χ0n) is 6.46. The molecule has 0 saturated heterocycles. The first kappa shape index (κ1) is 9.65. The SMILES string of the molecule is C=CNC(=C)N=C/C=C\CN. The highest BCUT2D eigenvalue weighted by molar-refractivity contribution is 5.71. The maximum atomic E-state index is 5.20. The molecule has 0 spiro atoms. The van der Waals surface area contributed by atoms with Crippen molar-refractivity contribution in [3.63, 3.8) is 0 Å². The van der Waals surface area contributed by atoms with Crippen LogP contribution in [0.15, 0.2) is 42.3 Å². The molecule has 0 aromatic rings. The monoisotopic (exact) mass is 151 g/mol. The minimum Gasteiger partial charge on any atom is -0.348 e. The average Bonchev–Trinajstić information content (AvgIpc) is 1.99. The number of nitrogens with zero attached hydrogens (tertiary/aromatic N) is 1. The Balaban J connectivity index is 3.64. The van der Waals surface area contributed by atoms with Crippen molar-refractivity contribution in [1.29, 1.82) is 0 Å². The molecule has 0 fully saturated rings. The highest BCUT2D eigenvalue weighted by atomic mass is 15.0. The Morgan fingerprint density at radius 1 is 1.64 bits per heavy atom. The topological polar surface area (TPSA) is 50.4 Å². The van der Waals surface area contributed by atoms with Crippen LogP contribution >= 0.6 is 0 Å². The van der Waals surface area contributed by atoms with Crippen LogP contribution in [0.2, 0.25) is 0 Å². The van der Waals surface area contributed by atoms with Crippen molar-refractivity contribution < 1.29 is 0 Å². The summed E-state index contributed by atoms with van der Waals surface area (Å²) in [5, 5.41) is 2.73. The van der Waals surface area contributed by atoms with Crippen LogP contribution in [0.5, 0.6) is 0 Å². The molecule has 0 unspecified atom stereocenters. The molecular weight excluding hydrogens is 138 g/mol. The van der Waals surface area contributed by atoms with Gasteiger partial charge >= 0.3 is 0 Å². The Morgan fingerprint density at radius 2 is 2.36 bits per heavy atom. The van der Waals surface area contributed by atoms with E-state index in [2.05, 4.69) is 23.5 Å². The van der Waals surface area contributed by atoms with Gasteiger partial charge in [0.05, 0.1) is 0 Å². The minimum atomic E-state index is 0.521. The lowest BCUT2D eigenvalue weighted by molar-refractivity contribution is 1.05. The molecule has 0 heterocycles. The Morgan fingerprint density at radius 3 is 2.91 bits per heavy atom. The van der Waals surface area contributed by atoms with Crippen LogP contribution < -0.4 is 11.1 Å². The van der Waals surface area contributed by atoms with Gasteiger partial charge < -0.3 is 11.1 Å². The van der Waals surface area contributed by atoms with Gasteiger partial charge in [0.25, 0.3) is 0 Å². The number of hydrogen-bond donors (Lipinski definition) is 2. The van der Waals surface area contributed by atoms with E-state index in [1.807, 2.05) is 0 Å². The summed E-state index contributed by atoms with van der Waals surface area (Å²) in [6.45, 7) is 7.58. The highest BCUT2D eigenvalue weighted by Gasteiger charge is 1.77. The van der Waals surface area contributed by atoms with Gasteiger partial charge in [-0.05, 0) is 12.3 Å². The van der Waals surface area contributed by atoms with E-state index in [0.29, 0.717) is 12.4 Å². The van der Waals surface area contributed by atoms with E-state index in [1.54, 1.807) is 18.4 Å². The molecule has 0 aliphatic carbocycles. The van der Waals surface area contributed by atoms with Crippen LogP contribution in [0.25, 0.3) is 0 Å². The fourth-order valence-electron chi connectivity index (χ4n) is 0.428. The summed E-state index contributed by atoms with van der Waals surface area (Å²) >= 11 is 0. The van der Waals surface area contributed by atoms with Gasteiger partial charge in [0, 0.05) is 12.8 Å². The third-order valence-corrected chi connectivity index (χ3v) is 0.857. The molecular formula is C8H13N3. The van der Waals surface area contributed by atoms with Gasteiger partial charge in [-0.3, -0.25) is 0 Å². The van der Waals surface area contributed by atoms with E-state index in [1.165, 1.54) is 6.20 Å². The molecule has 0 bridgehead atoms. The second-order valence-corrected chi connectivity index (χ2v) is 1.74. The standard InChI is InChI=1S/C8H13N3/c1-3-10-8(2)11-7-5-4-6-9/h3-5,7,10H,1-2,6,9H2/b5-4-,11-7?. The summed E-state index contributed by atoms with van der Waals surface area (Å²) in [5.74, 6) is 0.557. The third-order valence-electron chi connectivity index (χ3n) is 0.857. The molecule has 0 radical (unpaired) electrons. The molecule has 0 aromatic carbocycles. The van der Waals surface area contributed by atoms with Gasteiger partial charge in [0.15, 0.2) is 0 Å². The lowest BCUT2D eigenvalue weighted by Gasteiger charge is -1.93. The van der Waals surface area contributed by atoms with Crippen molar-refractivity contribution in [3.8, 4) is 0 Å². The molecule has 0 rings (SSSR count). The molecule has 11 heavy (non-hydrogen) atoms. The predicted octanol–water partition coefficient (Wildman–Crippen LogP) is 0.776. The fourth-order valence-corrected chi connectivity index (χ4v) is 0.428. The summed E-state index contributed by atoms with van der Waals surface area (Å²) in [4.78, 5) is 3.91. The van der Waals surface area contributed by atoms with Gasteiger partial charge in [-0.1, -0.05) is 19.2 Å². The summed E-state index contributed by atoms with van der Waals surface area (Å²) in [6.07, 6.45) is 6.69. The molecule has 0 atom stereocenters. The van der Waals surface area contributed by atoms with Crippen LogP contribution in [0.3, 0.4) is 0 Å². The smallest absolute Gasteiger partial charge is 0.122 e. The largest absolute Gasteiger partial charge is 0.348 e. The average molecular weight is 151 g/mol. The summed E-state index contributed by atoms with van der Waals surface area (Å²) in [7, 11) is 0. The van der Waals surface area contributed by atoms with Crippen molar-refractivity contribution in [2.45, 2.75) is 0 Å².